The quantitative estimate of drug-likeness (QED) is 0.694. The molecule has 2 heterocycles. The predicted octanol–water partition coefficient (Wildman–Crippen LogP) is 3.61. The Morgan fingerprint density at radius 3 is 2.78 bits per heavy atom. The highest BCUT2D eigenvalue weighted by molar-refractivity contribution is 7.99. The summed E-state index contributed by atoms with van der Waals surface area (Å²) in [6.07, 6.45) is 0.919. The fourth-order valence-corrected chi connectivity index (χ4v) is 4.94. The first-order valence-electron chi connectivity index (χ1n) is 9.17. The van der Waals surface area contributed by atoms with Crippen LogP contribution in [0.3, 0.4) is 0 Å². The minimum atomic E-state index is -0.480. The van der Waals surface area contributed by atoms with Gasteiger partial charge in [0.25, 0.3) is 0 Å². The molecule has 1 saturated heterocycles. The molecule has 5 nitrogen and oxygen atoms in total. The standard InChI is InChI=1S/C21H22N2O3S/c1-15-6-2-3-7-16(15)19-10-11-22(12-13-27-19)20(24)14-23-17-8-4-5-9-18(17)26-21(23)25/h2-9,19H,10-14H2,1H3. The molecule has 0 N–H and O–H groups in total. The summed E-state index contributed by atoms with van der Waals surface area (Å²) in [4.78, 5) is 26.8. The van der Waals surface area contributed by atoms with E-state index in [1.54, 1.807) is 12.1 Å². The number of rotatable bonds is 3. The second-order valence-electron chi connectivity index (χ2n) is 6.81. The van der Waals surface area contributed by atoms with E-state index in [9.17, 15) is 9.59 Å². The summed E-state index contributed by atoms with van der Waals surface area (Å²) in [5.74, 6) is 0.382. The maximum Gasteiger partial charge on any atom is 0.420 e. The summed E-state index contributed by atoms with van der Waals surface area (Å²) < 4.78 is 6.66. The van der Waals surface area contributed by atoms with Crippen molar-refractivity contribution in [2.45, 2.75) is 25.1 Å². The van der Waals surface area contributed by atoms with Gasteiger partial charge in [0.1, 0.15) is 6.54 Å². The molecule has 6 heteroatoms. The van der Waals surface area contributed by atoms with E-state index in [1.807, 2.05) is 28.8 Å². The molecule has 27 heavy (non-hydrogen) atoms. The lowest BCUT2D eigenvalue weighted by Crippen LogP contribution is -2.37. The molecule has 3 aromatic rings. The summed E-state index contributed by atoms with van der Waals surface area (Å²) in [7, 11) is 0. The number of hydrogen-bond acceptors (Lipinski definition) is 4. The van der Waals surface area contributed by atoms with Crippen molar-refractivity contribution in [2.24, 2.45) is 0 Å². The molecule has 1 fully saturated rings. The Kier molecular flexibility index (Phi) is 5.07. The molecule has 1 amide bonds. The summed E-state index contributed by atoms with van der Waals surface area (Å²) in [6, 6.07) is 15.7. The maximum absolute atomic E-state index is 12.8. The van der Waals surface area contributed by atoms with Crippen LogP contribution in [-0.2, 0) is 11.3 Å². The summed E-state index contributed by atoms with van der Waals surface area (Å²) in [5, 5.41) is 0.404. The Hall–Kier alpha value is -2.47. The van der Waals surface area contributed by atoms with E-state index < -0.39 is 5.76 Å². The smallest absolute Gasteiger partial charge is 0.408 e. The molecule has 1 aliphatic heterocycles. The van der Waals surface area contributed by atoms with Gasteiger partial charge in [-0.2, -0.15) is 11.8 Å². The molecule has 0 aliphatic carbocycles. The van der Waals surface area contributed by atoms with E-state index in [2.05, 4.69) is 31.2 Å². The molecule has 0 radical (unpaired) electrons. The van der Waals surface area contributed by atoms with Crippen molar-refractivity contribution in [3.8, 4) is 0 Å². The third kappa shape index (κ3) is 3.67. The van der Waals surface area contributed by atoms with Crippen LogP contribution < -0.4 is 5.76 Å². The van der Waals surface area contributed by atoms with Crippen LogP contribution in [0.15, 0.2) is 57.7 Å². The van der Waals surface area contributed by atoms with Crippen molar-refractivity contribution in [1.82, 2.24) is 9.47 Å². The van der Waals surface area contributed by atoms with Gasteiger partial charge >= 0.3 is 5.76 Å². The lowest BCUT2D eigenvalue weighted by atomic mass is 10.0. The minimum Gasteiger partial charge on any atom is -0.408 e. The zero-order chi connectivity index (χ0) is 18.8. The van der Waals surface area contributed by atoms with Crippen LogP contribution in [0.1, 0.15) is 22.8 Å². The molecule has 1 unspecified atom stereocenters. The highest BCUT2D eigenvalue weighted by Gasteiger charge is 2.24. The van der Waals surface area contributed by atoms with Gasteiger partial charge in [-0.15, -0.1) is 0 Å². The molecular weight excluding hydrogens is 360 g/mol. The Balaban J connectivity index is 1.48. The fraction of sp³-hybridized carbons (Fsp3) is 0.333. The van der Waals surface area contributed by atoms with E-state index in [0.29, 0.717) is 29.4 Å². The minimum absolute atomic E-state index is 0.0234. The summed E-state index contributed by atoms with van der Waals surface area (Å²) >= 11 is 1.91. The molecule has 0 spiro atoms. The van der Waals surface area contributed by atoms with Gasteiger partial charge in [-0.25, -0.2) is 4.79 Å². The second kappa shape index (κ2) is 7.64. The predicted molar refractivity (Wildman–Crippen MR) is 108 cm³/mol. The molecule has 4 rings (SSSR count). The molecule has 0 bridgehead atoms. The normalized spacial score (nSPS) is 17.8. The highest BCUT2D eigenvalue weighted by atomic mass is 32.2. The largest absolute Gasteiger partial charge is 0.420 e. The van der Waals surface area contributed by atoms with E-state index >= 15 is 0 Å². The Labute approximate surface area is 162 Å². The van der Waals surface area contributed by atoms with Crippen LogP contribution >= 0.6 is 11.8 Å². The molecule has 1 atom stereocenters. The topological polar surface area (TPSA) is 55.5 Å². The van der Waals surface area contributed by atoms with Gasteiger partial charge in [-0.1, -0.05) is 36.4 Å². The third-order valence-corrected chi connectivity index (χ3v) is 6.41. The summed E-state index contributed by atoms with van der Waals surface area (Å²) in [6.45, 7) is 3.57. The molecule has 1 aliphatic rings. The Morgan fingerprint density at radius 2 is 1.93 bits per heavy atom. The van der Waals surface area contributed by atoms with Gasteiger partial charge in [0, 0.05) is 24.1 Å². The molecular formula is C21H22N2O3S. The van der Waals surface area contributed by atoms with Crippen LogP contribution in [-0.4, -0.2) is 34.2 Å². The van der Waals surface area contributed by atoms with Gasteiger partial charge in [0.05, 0.1) is 5.52 Å². The number of carbonyl (C=O) groups excluding carboxylic acids is 1. The Bertz CT molecular complexity index is 1020. The van der Waals surface area contributed by atoms with Crippen LogP contribution in [0, 0.1) is 6.92 Å². The monoisotopic (exact) mass is 382 g/mol. The van der Waals surface area contributed by atoms with Crippen LogP contribution in [0.5, 0.6) is 0 Å². The van der Waals surface area contributed by atoms with Crippen molar-refractivity contribution >= 4 is 28.8 Å². The zero-order valence-corrected chi connectivity index (χ0v) is 16.1. The van der Waals surface area contributed by atoms with Crippen molar-refractivity contribution in [2.75, 3.05) is 18.8 Å². The first kappa shape index (κ1) is 17.9. The van der Waals surface area contributed by atoms with Crippen LogP contribution in [0.25, 0.3) is 11.1 Å². The average Bonchev–Trinajstić information content (AvgIpc) is 2.84. The van der Waals surface area contributed by atoms with Gasteiger partial charge in [-0.05, 0) is 36.6 Å². The summed E-state index contributed by atoms with van der Waals surface area (Å²) in [5.41, 5.74) is 3.83. The number of benzene rings is 2. The number of para-hydroxylation sites is 2. The van der Waals surface area contributed by atoms with Gasteiger partial charge in [-0.3, -0.25) is 9.36 Å². The van der Waals surface area contributed by atoms with Crippen molar-refractivity contribution < 1.29 is 9.21 Å². The molecule has 1 aromatic heterocycles. The number of amides is 1. The molecule has 0 saturated carbocycles. The number of hydrogen-bond donors (Lipinski definition) is 0. The SMILES string of the molecule is Cc1ccccc1C1CCN(C(=O)Cn2c(=O)oc3ccccc32)CCS1. The van der Waals surface area contributed by atoms with E-state index in [0.717, 1.165) is 12.2 Å². The van der Waals surface area contributed by atoms with Gasteiger partial charge in [0.15, 0.2) is 5.58 Å². The Morgan fingerprint density at radius 1 is 1.15 bits per heavy atom. The lowest BCUT2D eigenvalue weighted by Gasteiger charge is -2.20. The van der Waals surface area contributed by atoms with E-state index in [1.165, 1.54) is 15.7 Å². The first-order valence-corrected chi connectivity index (χ1v) is 10.2. The number of nitrogens with zero attached hydrogens (tertiary/aromatic N) is 2. The average molecular weight is 382 g/mol. The fourth-order valence-electron chi connectivity index (χ4n) is 3.62. The zero-order valence-electron chi connectivity index (χ0n) is 15.3. The number of fused-ring (bicyclic) bond motifs is 1. The molecule has 140 valence electrons. The van der Waals surface area contributed by atoms with E-state index in [4.69, 9.17) is 4.42 Å². The number of oxazole rings is 1. The van der Waals surface area contributed by atoms with Crippen LogP contribution in [0.2, 0.25) is 0 Å². The lowest BCUT2D eigenvalue weighted by molar-refractivity contribution is -0.131. The van der Waals surface area contributed by atoms with Crippen molar-refractivity contribution in [3.05, 3.63) is 70.2 Å². The van der Waals surface area contributed by atoms with Gasteiger partial charge < -0.3 is 9.32 Å². The second-order valence-corrected chi connectivity index (χ2v) is 8.12. The number of carbonyl (C=O) groups is 1. The number of thioether (sulfide) groups is 1. The molecule has 2 aromatic carbocycles. The number of aryl methyl sites for hydroxylation is 1. The highest BCUT2D eigenvalue weighted by Crippen LogP contribution is 2.35. The number of aromatic nitrogens is 1. The van der Waals surface area contributed by atoms with Crippen molar-refractivity contribution in [3.63, 3.8) is 0 Å². The first-order chi connectivity index (χ1) is 13.1. The maximum atomic E-state index is 12.8. The van der Waals surface area contributed by atoms with E-state index in [-0.39, 0.29) is 12.5 Å². The third-order valence-electron chi connectivity index (χ3n) is 5.10. The van der Waals surface area contributed by atoms with Crippen LogP contribution in [0.4, 0.5) is 0 Å². The van der Waals surface area contributed by atoms with Gasteiger partial charge in [0.2, 0.25) is 5.91 Å². The van der Waals surface area contributed by atoms with Crippen molar-refractivity contribution in [1.29, 1.82) is 0 Å².